The van der Waals surface area contributed by atoms with Gasteiger partial charge in [0, 0.05) is 27.3 Å². The van der Waals surface area contributed by atoms with E-state index in [1.165, 1.54) is 0 Å². The highest BCUT2D eigenvalue weighted by molar-refractivity contribution is 4.76. The summed E-state index contributed by atoms with van der Waals surface area (Å²) >= 11 is 0. The summed E-state index contributed by atoms with van der Waals surface area (Å²) in [4.78, 5) is 1.95. The SMILES string of the molecule is COCOCCN(CC#N)CCOCOC. The monoisotopic (exact) mass is 232 g/mol. The molecular weight excluding hydrogens is 212 g/mol. The number of methoxy groups -OCH3 is 2. The molecule has 0 aromatic heterocycles. The van der Waals surface area contributed by atoms with Gasteiger partial charge in [0.05, 0.1) is 25.8 Å². The van der Waals surface area contributed by atoms with Crippen molar-refractivity contribution >= 4 is 0 Å². The first kappa shape index (κ1) is 15.3. The number of ether oxygens (including phenoxy) is 4. The first-order valence-electron chi connectivity index (χ1n) is 5.07. The Morgan fingerprint density at radius 2 is 1.50 bits per heavy atom. The molecule has 94 valence electrons. The highest BCUT2D eigenvalue weighted by atomic mass is 16.7. The van der Waals surface area contributed by atoms with Crippen molar-refractivity contribution in [2.75, 3.05) is 60.7 Å². The van der Waals surface area contributed by atoms with Gasteiger partial charge >= 0.3 is 0 Å². The minimum absolute atomic E-state index is 0.278. The molecule has 0 rings (SSSR count). The summed E-state index contributed by atoms with van der Waals surface area (Å²) in [6.07, 6.45) is 0. The average Bonchev–Trinajstić information content (AvgIpc) is 2.30. The highest BCUT2D eigenvalue weighted by Gasteiger charge is 2.03. The van der Waals surface area contributed by atoms with Gasteiger partial charge in [0.2, 0.25) is 0 Å². The second kappa shape index (κ2) is 12.4. The Balaban J connectivity index is 3.50. The Labute approximate surface area is 96.6 Å². The van der Waals surface area contributed by atoms with Crippen LogP contribution in [0.5, 0.6) is 0 Å². The zero-order valence-electron chi connectivity index (χ0n) is 9.98. The smallest absolute Gasteiger partial charge is 0.146 e. The molecule has 0 saturated heterocycles. The van der Waals surface area contributed by atoms with E-state index in [1.54, 1.807) is 14.2 Å². The molecule has 0 saturated carbocycles. The maximum Gasteiger partial charge on any atom is 0.146 e. The molecule has 0 aromatic rings. The van der Waals surface area contributed by atoms with Crippen LogP contribution in [-0.4, -0.2) is 65.6 Å². The van der Waals surface area contributed by atoms with Gasteiger partial charge in [-0.15, -0.1) is 0 Å². The first-order chi connectivity index (χ1) is 7.85. The van der Waals surface area contributed by atoms with Crippen LogP contribution in [0.15, 0.2) is 0 Å². The molecule has 0 radical (unpaired) electrons. The quantitative estimate of drug-likeness (QED) is 0.285. The Hall–Kier alpha value is -0.710. The fourth-order valence-electron chi connectivity index (χ4n) is 1.04. The van der Waals surface area contributed by atoms with Crippen LogP contribution in [0.25, 0.3) is 0 Å². The third-order valence-electron chi connectivity index (χ3n) is 1.80. The lowest BCUT2D eigenvalue weighted by molar-refractivity contribution is -0.0473. The Bertz CT molecular complexity index is 172. The van der Waals surface area contributed by atoms with Crippen LogP contribution in [-0.2, 0) is 18.9 Å². The van der Waals surface area contributed by atoms with E-state index in [2.05, 4.69) is 6.07 Å². The van der Waals surface area contributed by atoms with Crippen molar-refractivity contribution < 1.29 is 18.9 Å². The van der Waals surface area contributed by atoms with E-state index in [-0.39, 0.29) is 13.6 Å². The summed E-state index contributed by atoms with van der Waals surface area (Å²) < 4.78 is 19.8. The number of hydrogen-bond donors (Lipinski definition) is 0. The molecule has 0 aromatic carbocycles. The fourth-order valence-corrected chi connectivity index (χ4v) is 1.04. The summed E-state index contributed by atoms with van der Waals surface area (Å²) in [7, 11) is 3.15. The largest absolute Gasteiger partial charge is 0.359 e. The number of rotatable bonds is 11. The van der Waals surface area contributed by atoms with Crippen molar-refractivity contribution in [1.29, 1.82) is 5.26 Å². The lowest BCUT2D eigenvalue weighted by atomic mass is 10.4. The molecule has 0 spiro atoms. The number of nitrogens with zero attached hydrogens (tertiary/aromatic N) is 2. The molecule has 6 nitrogen and oxygen atoms in total. The van der Waals surface area contributed by atoms with Crippen molar-refractivity contribution in [1.82, 2.24) is 4.90 Å². The number of nitriles is 1. The van der Waals surface area contributed by atoms with Crippen LogP contribution in [0.1, 0.15) is 0 Å². The number of hydrogen-bond acceptors (Lipinski definition) is 6. The van der Waals surface area contributed by atoms with E-state index >= 15 is 0 Å². The summed E-state index contributed by atoms with van der Waals surface area (Å²) in [5.74, 6) is 0. The third kappa shape index (κ3) is 9.83. The lowest BCUT2D eigenvalue weighted by Gasteiger charge is -2.18. The van der Waals surface area contributed by atoms with Crippen molar-refractivity contribution in [2.24, 2.45) is 0 Å². The van der Waals surface area contributed by atoms with Crippen molar-refractivity contribution in [2.45, 2.75) is 0 Å². The lowest BCUT2D eigenvalue weighted by Crippen LogP contribution is -2.31. The van der Waals surface area contributed by atoms with Crippen molar-refractivity contribution in [3.8, 4) is 6.07 Å². The van der Waals surface area contributed by atoms with Crippen LogP contribution in [0.2, 0.25) is 0 Å². The van der Waals surface area contributed by atoms with E-state index < -0.39 is 0 Å². The molecule has 0 aliphatic carbocycles. The first-order valence-corrected chi connectivity index (χ1v) is 5.07. The zero-order chi connectivity index (χ0) is 12.1. The molecule has 0 amide bonds. The molecular formula is C10H20N2O4. The Morgan fingerprint density at radius 3 is 1.88 bits per heavy atom. The van der Waals surface area contributed by atoms with Gasteiger partial charge in [-0.2, -0.15) is 5.26 Å². The second-order valence-electron chi connectivity index (χ2n) is 3.06. The van der Waals surface area contributed by atoms with Crippen LogP contribution < -0.4 is 0 Å². The minimum atomic E-state index is 0.278. The second-order valence-corrected chi connectivity index (χ2v) is 3.06. The average molecular weight is 232 g/mol. The fraction of sp³-hybridized carbons (Fsp3) is 0.900. The van der Waals surface area contributed by atoms with Crippen LogP contribution in [0.4, 0.5) is 0 Å². The van der Waals surface area contributed by atoms with Crippen molar-refractivity contribution in [3.63, 3.8) is 0 Å². The third-order valence-corrected chi connectivity index (χ3v) is 1.80. The van der Waals surface area contributed by atoms with Gasteiger partial charge in [0.1, 0.15) is 13.6 Å². The maximum atomic E-state index is 8.62. The summed E-state index contributed by atoms with van der Waals surface area (Å²) in [5, 5.41) is 8.62. The van der Waals surface area contributed by atoms with Gasteiger partial charge in [0.25, 0.3) is 0 Å². The van der Waals surface area contributed by atoms with Crippen LogP contribution in [0, 0.1) is 11.3 Å². The molecule has 0 aliphatic rings. The van der Waals surface area contributed by atoms with Crippen LogP contribution >= 0.6 is 0 Å². The molecule has 0 unspecified atom stereocenters. The van der Waals surface area contributed by atoms with E-state index in [0.717, 1.165) is 0 Å². The molecule has 0 heterocycles. The van der Waals surface area contributed by atoms with Gasteiger partial charge in [-0.25, -0.2) is 0 Å². The van der Waals surface area contributed by atoms with Gasteiger partial charge in [-0.1, -0.05) is 0 Å². The summed E-state index contributed by atoms with van der Waals surface area (Å²) in [6.45, 7) is 3.38. The molecule has 16 heavy (non-hydrogen) atoms. The molecule has 0 N–H and O–H groups in total. The summed E-state index contributed by atoms with van der Waals surface area (Å²) in [6, 6.07) is 2.10. The van der Waals surface area contributed by atoms with E-state index in [0.29, 0.717) is 32.8 Å². The topological polar surface area (TPSA) is 64.0 Å². The van der Waals surface area contributed by atoms with Crippen molar-refractivity contribution in [3.05, 3.63) is 0 Å². The van der Waals surface area contributed by atoms with Gasteiger partial charge in [-0.3, -0.25) is 4.90 Å². The standard InChI is InChI=1S/C10H20N2O4/c1-13-9-15-7-5-12(4-3-11)6-8-16-10-14-2/h4-10H2,1-2H3. The van der Waals surface area contributed by atoms with Gasteiger partial charge in [-0.05, 0) is 0 Å². The van der Waals surface area contributed by atoms with Gasteiger partial charge in [0.15, 0.2) is 0 Å². The summed E-state index contributed by atoms with van der Waals surface area (Å²) in [5.41, 5.74) is 0. The zero-order valence-corrected chi connectivity index (χ0v) is 9.98. The predicted octanol–water partition coefficient (Wildman–Crippen LogP) is 0.0530. The highest BCUT2D eigenvalue weighted by Crippen LogP contribution is 1.89. The van der Waals surface area contributed by atoms with E-state index in [1.807, 2.05) is 4.90 Å². The molecule has 6 heteroatoms. The maximum absolute atomic E-state index is 8.62. The minimum Gasteiger partial charge on any atom is -0.359 e. The van der Waals surface area contributed by atoms with Gasteiger partial charge < -0.3 is 18.9 Å². The van der Waals surface area contributed by atoms with E-state index in [4.69, 9.17) is 24.2 Å². The van der Waals surface area contributed by atoms with Crippen LogP contribution in [0.3, 0.4) is 0 Å². The predicted molar refractivity (Wildman–Crippen MR) is 57.7 cm³/mol. The molecule has 0 atom stereocenters. The normalized spacial score (nSPS) is 10.6. The van der Waals surface area contributed by atoms with E-state index in [9.17, 15) is 0 Å². The Kier molecular flexibility index (Phi) is 11.8. The molecule has 0 fully saturated rings. The Morgan fingerprint density at radius 1 is 1.00 bits per heavy atom. The molecule has 0 bridgehead atoms. The molecule has 0 aliphatic heterocycles.